The first-order valence-corrected chi connectivity index (χ1v) is 8.35. The van der Waals surface area contributed by atoms with Gasteiger partial charge in [-0.3, -0.25) is 0 Å². The topological polar surface area (TPSA) is 52.9 Å². The van der Waals surface area contributed by atoms with E-state index in [-0.39, 0.29) is 11.5 Å². The minimum absolute atomic E-state index is 0.129. The highest BCUT2D eigenvalue weighted by Gasteiger charge is 2.69. The van der Waals surface area contributed by atoms with Gasteiger partial charge in [-0.15, -0.1) is 0 Å². The Balaban J connectivity index is 1.80. The monoisotopic (exact) mass is 301 g/mol. The molecule has 2 aliphatic heterocycles. The van der Waals surface area contributed by atoms with Crippen LogP contribution in [0.4, 0.5) is 0 Å². The van der Waals surface area contributed by atoms with Crippen LogP contribution >= 0.6 is 0 Å². The first-order valence-electron chi connectivity index (χ1n) is 8.35. The summed E-state index contributed by atoms with van der Waals surface area (Å²) in [5.74, 6) is 0.712. The van der Waals surface area contributed by atoms with E-state index in [0.717, 1.165) is 25.8 Å². The molecule has 2 bridgehead atoms. The van der Waals surface area contributed by atoms with Crippen LogP contribution in [0.1, 0.15) is 26.2 Å². The van der Waals surface area contributed by atoms with Gasteiger partial charge in [0.25, 0.3) is 0 Å². The third-order valence-corrected chi connectivity index (χ3v) is 6.93. The van der Waals surface area contributed by atoms with E-state index in [4.69, 9.17) is 4.74 Å². The minimum atomic E-state index is -0.732. The second-order valence-electron chi connectivity index (χ2n) is 7.79. The van der Waals surface area contributed by atoms with Crippen molar-refractivity contribution >= 4 is 0 Å². The van der Waals surface area contributed by atoms with Crippen LogP contribution in [0.15, 0.2) is 35.1 Å². The summed E-state index contributed by atoms with van der Waals surface area (Å²) in [4.78, 5) is 2.46. The molecule has 4 nitrogen and oxygen atoms in total. The van der Waals surface area contributed by atoms with Crippen LogP contribution in [0.25, 0.3) is 0 Å². The molecule has 0 radical (unpaired) electrons. The Morgan fingerprint density at radius 3 is 3.00 bits per heavy atom. The fourth-order valence-corrected chi connectivity index (χ4v) is 6.04. The molecule has 22 heavy (non-hydrogen) atoms. The molecule has 5 aliphatic rings. The second kappa shape index (κ2) is 3.86. The van der Waals surface area contributed by atoms with E-state index in [1.165, 1.54) is 11.1 Å². The molecule has 1 spiro atoms. The Morgan fingerprint density at radius 2 is 2.18 bits per heavy atom. The van der Waals surface area contributed by atoms with E-state index >= 15 is 0 Å². The van der Waals surface area contributed by atoms with Crippen LogP contribution in [-0.4, -0.2) is 52.6 Å². The van der Waals surface area contributed by atoms with Gasteiger partial charge in [-0.05, 0) is 51.4 Å². The highest BCUT2D eigenvalue weighted by atomic mass is 16.5. The normalized spacial score (nSPS) is 52.6. The molecule has 1 unspecified atom stereocenters. The van der Waals surface area contributed by atoms with Crippen LogP contribution in [-0.2, 0) is 4.74 Å². The Bertz CT molecular complexity index is 651. The number of aliphatic hydroxyl groups is 2. The zero-order valence-corrected chi connectivity index (χ0v) is 13.1. The summed E-state index contributed by atoms with van der Waals surface area (Å²) in [6.07, 6.45) is 8.09. The van der Waals surface area contributed by atoms with Crippen LogP contribution in [0, 0.1) is 11.3 Å². The maximum atomic E-state index is 10.6. The molecule has 2 fully saturated rings. The third kappa shape index (κ3) is 1.24. The second-order valence-corrected chi connectivity index (χ2v) is 7.79. The molecule has 6 atom stereocenters. The van der Waals surface area contributed by atoms with E-state index in [0.29, 0.717) is 17.7 Å². The van der Waals surface area contributed by atoms with Gasteiger partial charge in [-0.1, -0.05) is 17.7 Å². The van der Waals surface area contributed by atoms with Crippen LogP contribution < -0.4 is 0 Å². The summed E-state index contributed by atoms with van der Waals surface area (Å²) < 4.78 is 6.38. The molecule has 2 N–H and O–H groups in total. The largest absolute Gasteiger partial charge is 0.509 e. The zero-order chi connectivity index (χ0) is 15.3. The van der Waals surface area contributed by atoms with E-state index in [2.05, 4.69) is 18.0 Å². The summed E-state index contributed by atoms with van der Waals surface area (Å²) in [5.41, 5.74) is 1.86. The van der Waals surface area contributed by atoms with Crippen molar-refractivity contribution in [2.45, 2.75) is 50.0 Å². The number of hydrogen-bond acceptors (Lipinski definition) is 4. The highest BCUT2D eigenvalue weighted by molar-refractivity contribution is 5.52. The molecule has 0 aromatic carbocycles. The van der Waals surface area contributed by atoms with Crippen molar-refractivity contribution in [3.63, 3.8) is 0 Å². The molecule has 2 saturated heterocycles. The molecule has 5 rings (SSSR count). The minimum Gasteiger partial charge on any atom is -0.509 e. The van der Waals surface area contributed by atoms with Gasteiger partial charge in [0, 0.05) is 17.4 Å². The molecule has 3 aliphatic carbocycles. The lowest BCUT2D eigenvalue weighted by molar-refractivity contribution is -0.115. The van der Waals surface area contributed by atoms with Gasteiger partial charge in [0.05, 0.1) is 12.2 Å². The fraction of sp³-hybridized carbons (Fsp3) is 0.667. The fourth-order valence-electron chi connectivity index (χ4n) is 6.04. The van der Waals surface area contributed by atoms with Gasteiger partial charge < -0.3 is 19.8 Å². The maximum Gasteiger partial charge on any atom is 0.144 e. The molecule has 0 aromatic heterocycles. The number of ether oxygens (including phenoxy) is 1. The number of aliphatic hydroxyl groups excluding tert-OH is 2. The van der Waals surface area contributed by atoms with Crippen molar-refractivity contribution in [1.82, 2.24) is 4.90 Å². The number of allylic oxidation sites excluding steroid dienone is 1. The summed E-state index contributed by atoms with van der Waals surface area (Å²) >= 11 is 0. The smallest absolute Gasteiger partial charge is 0.144 e. The Morgan fingerprint density at radius 1 is 1.36 bits per heavy atom. The first kappa shape index (κ1) is 13.3. The van der Waals surface area contributed by atoms with Crippen molar-refractivity contribution in [3.05, 3.63) is 35.1 Å². The number of nitrogens with zero attached hydrogens (tertiary/aromatic N) is 1. The zero-order valence-electron chi connectivity index (χ0n) is 13.1. The number of rotatable bonds is 0. The Kier molecular flexibility index (Phi) is 2.34. The summed E-state index contributed by atoms with van der Waals surface area (Å²) in [5, 5.41) is 21.1. The lowest BCUT2D eigenvalue weighted by atomic mass is 9.50. The van der Waals surface area contributed by atoms with Gasteiger partial charge >= 0.3 is 0 Å². The molecular formula is C18H23NO3. The van der Waals surface area contributed by atoms with Crippen LogP contribution in [0.3, 0.4) is 0 Å². The molecule has 0 amide bonds. The van der Waals surface area contributed by atoms with Crippen molar-refractivity contribution in [1.29, 1.82) is 0 Å². The number of piperidine rings is 1. The lowest BCUT2D eigenvalue weighted by Gasteiger charge is -2.58. The molecular weight excluding hydrogens is 278 g/mol. The van der Waals surface area contributed by atoms with Crippen molar-refractivity contribution in [2.75, 3.05) is 13.6 Å². The Labute approximate surface area is 130 Å². The summed E-state index contributed by atoms with van der Waals surface area (Å²) in [6, 6.07) is 0.485. The van der Waals surface area contributed by atoms with Gasteiger partial charge in [-0.2, -0.15) is 0 Å². The Hall–Kier alpha value is -1.10. The molecule has 4 heteroatoms. The highest BCUT2D eigenvalue weighted by Crippen LogP contribution is 2.67. The summed E-state index contributed by atoms with van der Waals surface area (Å²) in [7, 11) is 2.21. The average molecular weight is 301 g/mol. The van der Waals surface area contributed by atoms with Gasteiger partial charge in [0.2, 0.25) is 0 Å². The quantitative estimate of drug-likeness (QED) is 0.671. The number of likely N-dealkylation sites (tertiary alicyclic amines) is 1. The third-order valence-electron chi connectivity index (χ3n) is 6.93. The first-order chi connectivity index (χ1) is 10.5. The maximum absolute atomic E-state index is 10.6. The standard InChI is InChI=1S/C18H23NO3/c1-17-14(21)6-3-10-9-12-11-4-5-13(20)16(22-17)18(11,15(10)17)7-8-19(12)2/h4-6,11-13,16,20-21H,3,7-9H2,1-2H3/t11-,12+,13-,16-,17?,18-/m0/s1. The molecule has 0 aromatic rings. The molecule has 0 saturated carbocycles. The molecule has 2 heterocycles. The van der Waals surface area contributed by atoms with E-state index in [1.807, 2.05) is 19.1 Å². The summed E-state index contributed by atoms with van der Waals surface area (Å²) in [6.45, 7) is 3.02. The van der Waals surface area contributed by atoms with Crippen molar-refractivity contribution < 1.29 is 14.9 Å². The van der Waals surface area contributed by atoms with Gasteiger partial charge in [0.1, 0.15) is 11.4 Å². The predicted molar refractivity (Wildman–Crippen MR) is 82.4 cm³/mol. The molecule has 118 valence electrons. The predicted octanol–water partition coefficient (Wildman–Crippen LogP) is 1.93. The van der Waals surface area contributed by atoms with E-state index in [1.54, 1.807) is 0 Å². The van der Waals surface area contributed by atoms with E-state index < -0.39 is 11.7 Å². The lowest BCUT2D eigenvalue weighted by Crippen LogP contribution is -2.61. The van der Waals surface area contributed by atoms with Gasteiger partial charge in [-0.25, -0.2) is 0 Å². The van der Waals surface area contributed by atoms with Crippen LogP contribution in [0.5, 0.6) is 0 Å². The van der Waals surface area contributed by atoms with Crippen molar-refractivity contribution in [2.24, 2.45) is 11.3 Å². The van der Waals surface area contributed by atoms with Crippen LogP contribution in [0.2, 0.25) is 0 Å². The van der Waals surface area contributed by atoms with Gasteiger partial charge in [0.15, 0.2) is 0 Å². The van der Waals surface area contributed by atoms with Crippen molar-refractivity contribution in [3.8, 4) is 0 Å². The van der Waals surface area contributed by atoms with E-state index in [9.17, 15) is 10.2 Å². The average Bonchev–Trinajstić information content (AvgIpc) is 2.78. The number of hydrogen-bond donors (Lipinski definition) is 2. The SMILES string of the molecule is CN1CC[C@]23C4=C5CC=C(O)C4(C)O[C@H]2[C@@H](O)C=C[C@H]3[C@H]1C5.